The van der Waals surface area contributed by atoms with E-state index in [1.165, 1.54) is 32.1 Å². The lowest BCUT2D eigenvalue weighted by Crippen LogP contribution is -2.27. The van der Waals surface area contributed by atoms with Crippen LogP contribution >= 0.6 is 0 Å². The molecule has 4 nitrogen and oxygen atoms in total. The van der Waals surface area contributed by atoms with Gasteiger partial charge >= 0.3 is 0 Å². The second kappa shape index (κ2) is 10.7. The lowest BCUT2D eigenvalue weighted by Gasteiger charge is -2.17. The van der Waals surface area contributed by atoms with Gasteiger partial charge in [-0.25, -0.2) is 0 Å². The van der Waals surface area contributed by atoms with E-state index in [-0.39, 0.29) is 0 Å². The van der Waals surface area contributed by atoms with Crippen LogP contribution in [0.2, 0.25) is 0 Å². The summed E-state index contributed by atoms with van der Waals surface area (Å²) in [4.78, 5) is 2.42. The molecule has 0 fully saturated rings. The Labute approximate surface area is 124 Å². The molecule has 116 valence electrons. The van der Waals surface area contributed by atoms with E-state index >= 15 is 0 Å². The molecule has 0 atom stereocenters. The predicted octanol–water partition coefficient (Wildman–Crippen LogP) is 3.61. The number of rotatable bonds is 12. The highest BCUT2D eigenvalue weighted by molar-refractivity contribution is 5.37. The van der Waals surface area contributed by atoms with Crippen LogP contribution in [0.3, 0.4) is 0 Å². The zero-order valence-electron chi connectivity index (χ0n) is 13.6. The Kier molecular flexibility index (Phi) is 9.13. The van der Waals surface area contributed by atoms with E-state index in [1.807, 2.05) is 10.9 Å². The van der Waals surface area contributed by atoms with Gasteiger partial charge in [-0.15, -0.1) is 0 Å². The zero-order valence-corrected chi connectivity index (χ0v) is 13.6. The molecule has 1 heterocycles. The summed E-state index contributed by atoms with van der Waals surface area (Å²) in [6.45, 7) is 12.0. The minimum absolute atomic E-state index is 0.972. The first kappa shape index (κ1) is 17.0. The maximum Gasteiger partial charge on any atom is 0.0726 e. The standard InChI is InChI=1S/C16H32N4/c1-4-7-8-9-10-11-17-16-14-18-20(15-16)13-12-19(5-2)6-3/h14-15,17H,4-13H2,1-3H3. The molecule has 0 aliphatic carbocycles. The fraction of sp³-hybridized carbons (Fsp3) is 0.812. The number of hydrogen-bond acceptors (Lipinski definition) is 3. The average molecular weight is 280 g/mol. The second-order valence-corrected chi connectivity index (χ2v) is 5.36. The summed E-state index contributed by atoms with van der Waals surface area (Å²) in [6.07, 6.45) is 10.7. The Morgan fingerprint density at radius 3 is 2.55 bits per heavy atom. The van der Waals surface area contributed by atoms with Gasteiger partial charge in [-0.2, -0.15) is 5.10 Å². The number of anilines is 1. The zero-order chi connectivity index (χ0) is 14.6. The minimum Gasteiger partial charge on any atom is -0.383 e. The lowest BCUT2D eigenvalue weighted by molar-refractivity contribution is 0.285. The number of nitrogens with zero attached hydrogens (tertiary/aromatic N) is 3. The molecule has 0 aliphatic heterocycles. The molecule has 1 aromatic rings. The summed E-state index contributed by atoms with van der Waals surface area (Å²) in [5, 5.41) is 7.87. The van der Waals surface area contributed by atoms with Gasteiger partial charge in [-0.3, -0.25) is 4.68 Å². The van der Waals surface area contributed by atoms with Crippen molar-refractivity contribution in [3.8, 4) is 0 Å². The molecule has 1 rings (SSSR count). The summed E-state index contributed by atoms with van der Waals surface area (Å²) < 4.78 is 2.04. The fourth-order valence-electron chi connectivity index (χ4n) is 2.32. The molecule has 0 spiro atoms. The fourth-order valence-corrected chi connectivity index (χ4v) is 2.32. The largest absolute Gasteiger partial charge is 0.383 e. The van der Waals surface area contributed by atoms with Crippen molar-refractivity contribution in [3.63, 3.8) is 0 Å². The first-order valence-corrected chi connectivity index (χ1v) is 8.28. The van der Waals surface area contributed by atoms with Gasteiger partial charge in [0, 0.05) is 19.3 Å². The van der Waals surface area contributed by atoms with Gasteiger partial charge in [0.25, 0.3) is 0 Å². The van der Waals surface area contributed by atoms with E-state index in [2.05, 4.69) is 42.3 Å². The van der Waals surface area contributed by atoms with Crippen LogP contribution in [0.4, 0.5) is 5.69 Å². The predicted molar refractivity (Wildman–Crippen MR) is 87.3 cm³/mol. The molecule has 0 aromatic carbocycles. The third-order valence-electron chi connectivity index (χ3n) is 3.78. The molecule has 1 N–H and O–H groups in total. The monoisotopic (exact) mass is 280 g/mol. The van der Waals surface area contributed by atoms with Crippen LogP contribution in [0.15, 0.2) is 12.4 Å². The summed E-state index contributed by atoms with van der Waals surface area (Å²) in [5.74, 6) is 0. The van der Waals surface area contributed by atoms with Gasteiger partial charge in [0.15, 0.2) is 0 Å². The molecular formula is C16H32N4. The Morgan fingerprint density at radius 2 is 1.85 bits per heavy atom. The Balaban J connectivity index is 2.15. The highest BCUT2D eigenvalue weighted by Gasteiger charge is 2.01. The number of unbranched alkanes of at least 4 members (excludes halogenated alkanes) is 4. The lowest BCUT2D eigenvalue weighted by atomic mass is 10.1. The molecule has 0 unspecified atom stereocenters. The van der Waals surface area contributed by atoms with Crippen LogP contribution in [-0.4, -0.2) is 40.9 Å². The van der Waals surface area contributed by atoms with Crippen molar-refractivity contribution in [2.45, 2.75) is 59.4 Å². The number of hydrogen-bond donors (Lipinski definition) is 1. The van der Waals surface area contributed by atoms with Crippen molar-refractivity contribution < 1.29 is 0 Å². The molecule has 0 radical (unpaired) electrons. The van der Waals surface area contributed by atoms with Gasteiger partial charge in [-0.05, 0) is 19.5 Å². The molecule has 0 amide bonds. The average Bonchev–Trinajstić information content (AvgIpc) is 2.92. The van der Waals surface area contributed by atoms with Crippen molar-refractivity contribution in [2.24, 2.45) is 0 Å². The summed E-state index contributed by atoms with van der Waals surface area (Å²) in [5.41, 5.74) is 1.15. The maximum absolute atomic E-state index is 4.41. The molecule has 4 heteroatoms. The number of aromatic nitrogens is 2. The summed E-state index contributed by atoms with van der Waals surface area (Å²) >= 11 is 0. The normalized spacial score (nSPS) is 11.2. The summed E-state index contributed by atoms with van der Waals surface area (Å²) in [7, 11) is 0. The third-order valence-corrected chi connectivity index (χ3v) is 3.78. The first-order valence-electron chi connectivity index (χ1n) is 8.28. The first-order chi connectivity index (χ1) is 9.80. The quantitative estimate of drug-likeness (QED) is 0.594. The van der Waals surface area contributed by atoms with E-state index < -0.39 is 0 Å². The van der Waals surface area contributed by atoms with Gasteiger partial charge in [0.05, 0.1) is 18.4 Å². The van der Waals surface area contributed by atoms with Crippen LogP contribution < -0.4 is 5.32 Å². The Hall–Kier alpha value is -1.03. The van der Waals surface area contributed by atoms with Crippen LogP contribution in [0, 0.1) is 0 Å². The highest BCUT2D eigenvalue weighted by Crippen LogP contribution is 2.07. The van der Waals surface area contributed by atoms with Gasteiger partial charge in [0.1, 0.15) is 0 Å². The topological polar surface area (TPSA) is 33.1 Å². The molecule has 1 aromatic heterocycles. The van der Waals surface area contributed by atoms with Crippen molar-refractivity contribution in [1.82, 2.24) is 14.7 Å². The third kappa shape index (κ3) is 6.94. The van der Waals surface area contributed by atoms with E-state index in [0.717, 1.165) is 38.4 Å². The number of likely N-dealkylation sites (N-methyl/N-ethyl adjacent to an activating group) is 1. The van der Waals surface area contributed by atoms with Crippen LogP contribution in [0.1, 0.15) is 52.9 Å². The van der Waals surface area contributed by atoms with E-state index in [4.69, 9.17) is 0 Å². The van der Waals surface area contributed by atoms with Crippen molar-refractivity contribution >= 4 is 5.69 Å². The molecule has 0 saturated heterocycles. The van der Waals surface area contributed by atoms with Crippen molar-refractivity contribution in [3.05, 3.63) is 12.4 Å². The van der Waals surface area contributed by atoms with Crippen molar-refractivity contribution in [1.29, 1.82) is 0 Å². The van der Waals surface area contributed by atoms with Crippen molar-refractivity contribution in [2.75, 3.05) is 31.5 Å². The minimum atomic E-state index is 0.972. The van der Waals surface area contributed by atoms with Crippen LogP contribution in [0.25, 0.3) is 0 Å². The Morgan fingerprint density at radius 1 is 1.10 bits per heavy atom. The van der Waals surface area contributed by atoms with Crippen LogP contribution in [-0.2, 0) is 6.54 Å². The van der Waals surface area contributed by atoms with Gasteiger partial charge in [-0.1, -0.05) is 46.5 Å². The number of nitrogens with one attached hydrogen (secondary N) is 1. The van der Waals surface area contributed by atoms with Crippen LogP contribution in [0.5, 0.6) is 0 Å². The maximum atomic E-state index is 4.41. The van der Waals surface area contributed by atoms with Gasteiger partial charge in [0.2, 0.25) is 0 Å². The van der Waals surface area contributed by atoms with E-state index in [0.29, 0.717) is 0 Å². The summed E-state index contributed by atoms with van der Waals surface area (Å²) in [6, 6.07) is 0. The SMILES string of the molecule is CCCCCCCNc1cnn(CCN(CC)CC)c1. The van der Waals surface area contributed by atoms with Gasteiger partial charge < -0.3 is 10.2 Å². The van der Waals surface area contributed by atoms with E-state index in [9.17, 15) is 0 Å². The molecule has 0 saturated carbocycles. The Bertz CT molecular complexity index is 331. The molecule has 0 bridgehead atoms. The highest BCUT2D eigenvalue weighted by atomic mass is 15.3. The smallest absolute Gasteiger partial charge is 0.0726 e. The molecule has 0 aliphatic rings. The molecule has 20 heavy (non-hydrogen) atoms. The second-order valence-electron chi connectivity index (χ2n) is 5.36. The molecular weight excluding hydrogens is 248 g/mol. The van der Waals surface area contributed by atoms with E-state index in [1.54, 1.807) is 0 Å².